The molecule has 0 fully saturated rings. The van der Waals surface area contributed by atoms with Crippen molar-refractivity contribution in [3.8, 4) is 0 Å². The van der Waals surface area contributed by atoms with Crippen molar-refractivity contribution in [3.05, 3.63) is 0 Å². The highest BCUT2D eigenvalue weighted by Crippen LogP contribution is 2.09. The predicted octanol–water partition coefficient (Wildman–Crippen LogP) is 0.0235. The highest BCUT2D eigenvalue weighted by atomic mass is 16.3. The third kappa shape index (κ3) is 5.46. The normalized spacial score (nSPS) is 16.7. The van der Waals surface area contributed by atoms with Crippen LogP contribution in [0.2, 0.25) is 0 Å². The van der Waals surface area contributed by atoms with Gasteiger partial charge in [-0.1, -0.05) is 13.8 Å². The lowest BCUT2D eigenvalue weighted by atomic mass is 10.0. The van der Waals surface area contributed by atoms with Crippen molar-refractivity contribution < 1.29 is 16.1 Å². The first-order chi connectivity index (χ1) is 8.87. The van der Waals surface area contributed by atoms with Gasteiger partial charge in [0.15, 0.2) is 0 Å². The van der Waals surface area contributed by atoms with Gasteiger partial charge in [-0.3, -0.25) is 15.0 Å². The van der Waals surface area contributed by atoms with Gasteiger partial charge in [0, 0.05) is 21.7 Å². The van der Waals surface area contributed by atoms with E-state index in [2.05, 4.69) is 10.7 Å². The van der Waals surface area contributed by atoms with Gasteiger partial charge >= 0.3 is 0 Å². The molecule has 0 saturated carbocycles. The van der Waals surface area contributed by atoms with E-state index in [9.17, 15) is 14.7 Å². The number of carbonyl (C=O) groups excluding carboxylic acids is 2. The topological polar surface area (TPSA) is 81.7 Å². The molecule has 6 nitrogen and oxygen atoms in total. The number of hydrogen-bond acceptors (Lipinski definition) is 4. The quantitative estimate of drug-likeness (QED) is 0.564. The SMILES string of the molecule is [3H]CC(=O)NC(CC)C(O)C(C)N(CC)NC(C)=O. The van der Waals surface area contributed by atoms with Crippen molar-refractivity contribution in [1.82, 2.24) is 15.8 Å². The van der Waals surface area contributed by atoms with Crippen LogP contribution in [0.5, 0.6) is 0 Å². The summed E-state index contributed by atoms with van der Waals surface area (Å²) in [6.45, 7) is 7.07. The highest BCUT2D eigenvalue weighted by molar-refractivity contribution is 5.73. The molecule has 0 bridgehead atoms. The highest BCUT2D eigenvalue weighted by Gasteiger charge is 2.28. The number of carbonyl (C=O) groups is 2. The van der Waals surface area contributed by atoms with Gasteiger partial charge in [-0.15, -0.1) is 0 Å². The van der Waals surface area contributed by atoms with E-state index >= 15 is 0 Å². The predicted molar refractivity (Wildman–Crippen MR) is 69.6 cm³/mol. The average Bonchev–Trinajstić information content (AvgIpc) is 2.39. The second-order valence-corrected chi connectivity index (χ2v) is 4.27. The van der Waals surface area contributed by atoms with Gasteiger partial charge in [0.25, 0.3) is 0 Å². The van der Waals surface area contributed by atoms with Crippen LogP contribution in [0.15, 0.2) is 0 Å². The van der Waals surface area contributed by atoms with Crippen molar-refractivity contribution in [1.29, 1.82) is 0 Å². The fourth-order valence-corrected chi connectivity index (χ4v) is 1.83. The van der Waals surface area contributed by atoms with E-state index in [1.165, 1.54) is 6.92 Å². The van der Waals surface area contributed by atoms with Crippen molar-refractivity contribution in [3.63, 3.8) is 0 Å². The number of amides is 2. The minimum absolute atomic E-state index is 0.204. The molecule has 0 saturated heterocycles. The smallest absolute Gasteiger partial charge is 0.231 e. The maximum absolute atomic E-state index is 11.2. The lowest BCUT2D eigenvalue weighted by Crippen LogP contribution is -2.57. The average molecular weight is 261 g/mol. The van der Waals surface area contributed by atoms with Crippen molar-refractivity contribution >= 4 is 11.8 Å². The van der Waals surface area contributed by atoms with Gasteiger partial charge in [0.2, 0.25) is 11.8 Å². The van der Waals surface area contributed by atoms with Crippen LogP contribution >= 0.6 is 0 Å². The van der Waals surface area contributed by atoms with E-state index < -0.39 is 18.1 Å². The molecule has 0 aliphatic carbocycles. The molecule has 0 aromatic heterocycles. The summed E-state index contributed by atoms with van der Waals surface area (Å²) in [5.74, 6) is -0.621. The Balaban J connectivity index is 4.67. The lowest BCUT2D eigenvalue weighted by Gasteiger charge is -2.34. The molecule has 3 atom stereocenters. The molecule has 0 spiro atoms. The van der Waals surface area contributed by atoms with Crippen LogP contribution in [0.25, 0.3) is 0 Å². The molecule has 0 radical (unpaired) electrons. The molecular formula is C12H25N3O3. The van der Waals surface area contributed by atoms with Gasteiger partial charge in [0.05, 0.1) is 18.2 Å². The summed E-state index contributed by atoms with van der Waals surface area (Å²) in [7, 11) is 0. The first kappa shape index (κ1) is 14.9. The number of hydrogen-bond donors (Lipinski definition) is 3. The summed E-state index contributed by atoms with van der Waals surface area (Å²) in [6.07, 6.45) is -0.276. The van der Waals surface area contributed by atoms with Crippen LogP contribution in [0, 0.1) is 0 Å². The molecule has 0 aromatic rings. The van der Waals surface area contributed by atoms with E-state index in [1.807, 2.05) is 13.8 Å². The number of nitrogens with one attached hydrogen (secondary N) is 2. The van der Waals surface area contributed by atoms with E-state index in [1.54, 1.807) is 11.9 Å². The number of nitrogens with zero attached hydrogens (tertiary/aromatic N) is 1. The van der Waals surface area contributed by atoms with Gasteiger partial charge in [-0.2, -0.15) is 0 Å². The monoisotopic (exact) mass is 261 g/mol. The molecule has 0 aliphatic rings. The second-order valence-electron chi connectivity index (χ2n) is 4.27. The maximum Gasteiger partial charge on any atom is 0.231 e. The number of hydrazine groups is 1. The Hall–Kier alpha value is -1.14. The van der Waals surface area contributed by atoms with Crippen LogP contribution in [0.4, 0.5) is 0 Å². The van der Waals surface area contributed by atoms with Crippen LogP contribution in [0.3, 0.4) is 0 Å². The van der Waals surface area contributed by atoms with E-state index in [0.29, 0.717) is 13.0 Å². The Morgan fingerprint density at radius 2 is 2.00 bits per heavy atom. The van der Waals surface area contributed by atoms with E-state index in [4.69, 9.17) is 1.37 Å². The summed E-state index contributed by atoms with van der Waals surface area (Å²) < 4.78 is 6.98. The molecule has 6 heteroatoms. The van der Waals surface area contributed by atoms with E-state index in [-0.39, 0.29) is 18.8 Å². The lowest BCUT2D eigenvalue weighted by molar-refractivity contribution is -0.127. The third-order valence-electron chi connectivity index (χ3n) is 2.83. The van der Waals surface area contributed by atoms with Gasteiger partial charge < -0.3 is 10.4 Å². The number of likely N-dealkylation sites (N-methyl/N-ethyl adjacent to an activating group) is 1. The standard InChI is InChI=1S/C12H25N3O3/c1-6-11(13-9(4)16)12(18)8(3)15(7-2)14-10(5)17/h8,11-12,18H,6-7H2,1-5H3,(H,13,16)(H,14,17)/i4T. The fourth-order valence-electron chi connectivity index (χ4n) is 1.83. The molecule has 0 aromatic carbocycles. The van der Waals surface area contributed by atoms with Crippen LogP contribution in [-0.2, 0) is 9.59 Å². The first-order valence-electron chi connectivity index (χ1n) is 6.88. The van der Waals surface area contributed by atoms with Crippen molar-refractivity contribution in [2.75, 3.05) is 6.54 Å². The molecule has 2 amide bonds. The fraction of sp³-hybridized carbons (Fsp3) is 0.833. The van der Waals surface area contributed by atoms with Crippen LogP contribution in [0.1, 0.15) is 42.4 Å². The Morgan fingerprint density at radius 3 is 2.39 bits per heavy atom. The van der Waals surface area contributed by atoms with Crippen molar-refractivity contribution in [2.45, 2.75) is 59.2 Å². The Morgan fingerprint density at radius 1 is 1.39 bits per heavy atom. The zero-order valence-electron chi connectivity index (χ0n) is 12.6. The molecule has 18 heavy (non-hydrogen) atoms. The minimum Gasteiger partial charge on any atom is -0.389 e. The molecule has 3 unspecified atom stereocenters. The summed E-state index contributed by atoms with van der Waals surface area (Å²) >= 11 is 0. The molecule has 3 N–H and O–H groups in total. The molecule has 0 rings (SSSR count). The summed E-state index contributed by atoms with van der Waals surface area (Å²) in [6, 6.07) is -0.777. The minimum atomic E-state index is -0.827. The second kappa shape index (κ2) is 8.05. The maximum atomic E-state index is 11.2. The largest absolute Gasteiger partial charge is 0.389 e. The zero-order chi connectivity index (χ0) is 15.0. The summed E-state index contributed by atoms with van der Waals surface area (Å²) in [5.41, 5.74) is 2.64. The van der Waals surface area contributed by atoms with Gasteiger partial charge in [-0.25, -0.2) is 5.01 Å². The zero-order valence-corrected chi connectivity index (χ0v) is 11.6. The Labute approximate surface area is 110 Å². The number of aliphatic hydroxyl groups excluding tert-OH is 1. The van der Waals surface area contributed by atoms with Gasteiger partial charge in [-0.05, 0) is 13.3 Å². The molecule has 0 heterocycles. The van der Waals surface area contributed by atoms with Crippen molar-refractivity contribution in [2.24, 2.45) is 0 Å². The summed E-state index contributed by atoms with van der Waals surface area (Å²) in [4.78, 5) is 22.3. The first-order valence-corrected chi connectivity index (χ1v) is 6.17. The third-order valence-corrected chi connectivity index (χ3v) is 2.83. The summed E-state index contributed by atoms with van der Waals surface area (Å²) in [5, 5.41) is 14.5. The number of rotatable bonds is 7. The van der Waals surface area contributed by atoms with Gasteiger partial charge in [0.1, 0.15) is 0 Å². The van der Waals surface area contributed by atoms with E-state index in [0.717, 1.165) is 0 Å². The Bertz CT molecular complexity index is 302. The molecular weight excluding hydrogens is 234 g/mol. The molecule has 0 aliphatic heterocycles. The van der Waals surface area contributed by atoms with Crippen LogP contribution in [-0.4, -0.2) is 46.7 Å². The Kier molecular flexibility index (Phi) is 6.67. The van der Waals surface area contributed by atoms with Crippen LogP contribution < -0.4 is 10.7 Å². The number of aliphatic hydroxyl groups is 1. The molecule has 106 valence electrons.